The molecule has 0 saturated heterocycles. The lowest BCUT2D eigenvalue weighted by molar-refractivity contribution is 0.0768. The molecule has 0 spiro atoms. The van der Waals surface area contributed by atoms with Crippen molar-refractivity contribution in [2.75, 3.05) is 18.8 Å². The number of nitrogens with two attached hydrogens (primary N) is 1. The van der Waals surface area contributed by atoms with Crippen molar-refractivity contribution in [1.29, 1.82) is 5.26 Å². The fourth-order valence-corrected chi connectivity index (χ4v) is 1.61. The van der Waals surface area contributed by atoms with Gasteiger partial charge >= 0.3 is 0 Å². The molecular weight excluding hydrogens is 238 g/mol. The minimum Gasteiger partial charge on any atom is -0.398 e. The van der Waals surface area contributed by atoms with Crippen LogP contribution in [-0.2, 0) is 0 Å². The Labute approximate surface area is 106 Å². The molecule has 0 atom stereocenters. The van der Waals surface area contributed by atoms with Crippen LogP contribution in [0.1, 0.15) is 23.7 Å². The van der Waals surface area contributed by atoms with Gasteiger partial charge < -0.3 is 10.6 Å². The number of carbonyl (C=O) groups is 1. The van der Waals surface area contributed by atoms with Crippen molar-refractivity contribution in [2.45, 2.75) is 13.3 Å². The summed E-state index contributed by atoms with van der Waals surface area (Å²) < 4.78 is 0. The van der Waals surface area contributed by atoms with Crippen molar-refractivity contribution < 1.29 is 4.79 Å². The zero-order valence-electron chi connectivity index (χ0n) is 9.61. The number of nitrogen functional groups attached to an aromatic ring is 1. The van der Waals surface area contributed by atoms with E-state index >= 15 is 0 Å². The molecule has 0 unspecified atom stereocenters. The minimum absolute atomic E-state index is 0.135. The van der Waals surface area contributed by atoms with E-state index in [0.717, 1.165) is 0 Å². The molecule has 1 amide bonds. The standard InChI is InChI=1S/C12H14ClN3O/c1-2-16(7-3-6-14)12(17)9-4-5-11(15)10(13)8-9/h4-5,8H,2-3,7,15H2,1H3. The van der Waals surface area contributed by atoms with Gasteiger partial charge in [0.25, 0.3) is 5.91 Å². The molecule has 0 fully saturated rings. The Kier molecular flexibility index (Phi) is 4.80. The number of anilines is 1. The SMILES string of the molecule is CCN(CCC#N)C(=O)c1ccc(N)c(Cl)c1. The van der Waals surface area contributed by atoms with Crippen molar-refractivity contribution in [3.63, 3.8) is 0 Å². The maximum atomic E-state index is 12.1. The Morgan fingerprint density at radius 1 is 1.59 bits per heavy atom. The van der Waals surface area contributed by atoms with E-state index in [0.29, 0.717) is 35.8 Å². The summed E-state index contributed by atoms with van der Waals surface area (Å²) in [6.07, 6.45) is 0.322. The molecule has 1 aromatic carbocycles. The lowest BCUT2D eigenvalue weighted by Crippen LogP contribution is -2.31. The van der Waals surface area contributed by atoms with E-state index < -0.39 is 0 Å². The van der Waals surface area contributed by atoms with Crippen molar-refractivity contribution in [3.05, 3.63) is 28.8 Å². The molecule has 1 aromatic rings. The number of halogens is 1. The van der Waals surface area contributed by atoms with Gasteiger partial charge in [-0.05, 0) is 25.1 Å². The molecule has 0 aliphatic rings. The van der Waals surface area contributed by atoms with Gasteiger partial charge in [0.05, 0.1) is 23.2 Å². The van der Waals surface area contributed by atoms with Crippen molar-refractivity contribution in [2.24, 2.45) is 0 Å². The van der Waals surface area contributed by atoms with Crippen molar-refractivity contribution in [1.82, 2.24) is 4.90 Å². The first-order chi connectivity index (χ1) is 8.10. The van der Waals surface area contributed by atoms with E-state index in [1.165, 1.54) is 0 Å². The molecule has 2 N–H and O–H groups in total. The number of nitriles is 1. The fraction of sp³-hybridized carbons (Fsp3) is 0.333. The normalized spacial score (nSPS) is 9.71. The number of nitrogens with zero attached hydrogens (tertiary/aromatic N) is 2. The van der Waals surface area contributed by atoms with E-state index in [1.54, 1.807) is 23.1 Å². The molecule has 5 heteroatoms. The predicted octanol–water partition coefficient (Wildman–Crippen LogP) is 2.30. The number of carbonyl (C=O) groups excluding carboxylic acids is 1. The summed E-state index contributed by atoms with van der Waals surface area (Å²) in [5.74, 6) is -0.135. The van der Waals surface area contributed by atoms with E-state index in [4.69, 9.17) is 22.6 Å². The monoisotopic (exact) mass is 251 g/mol. The van der Waals surface area contributed by atoms with Crippen LogP contribution in [-0.4, -0.2) is 23.9 Å². The van der Waals surface area contributed by atoms with Crippen LogP contribution in [0.3, 0.4) is 0 Å². The molecule has 0 bridgehead atoms. The lowest BCUT2D eigenvalue weighted by atomic mass is 10.1. The van der Waals surface area contributed by atoms with Crippen LogP contribution in [0, 0.1) is 11.3 Å². The largest absolute Gasteiger partial charge is 0.398 e. The highest BCUT2D eigenvalue weighted by molar-refractivity contribution is 6.33. The third-order valence-corrected chi connectivity index (χ3v) is 2.74. The average Bonchev–Trinajstić information content (AvgIpc) is 2.33. The predicted molar refractivity (Wildman–Crippen MR) is 67.7 cm³/mol. The summed E-state index contributed by atoms with van der Waals surface area (Å²) in [5.41, 5.74) is 6.52. The Bertz CT molecular complexity index is 454. The second-order valence-corrected chi connectivity index (χ2v) is 3.94. The topological polar surface area (TPSA) is 70.1 Å². The first-order valence-corrected chi connectivity index (χ1v) is 5.69. The third kappa shape index (κ3) is 3.36. The van der Waals surface area contributed by atoms with E-state index in [-0.39, 0.29) is 5.91 Å². The Morgan fingerprint density at radius 3 is 2.82 bits per heavy atom. The quantitative estimate of drug-likeness (QED) is 0.835. The number of hydrogen-bond donors (Lipinski definition) is 1. The van der Waals surface area contributed by atoms with Crippen LogP contribution in [0.25, 0.3) is 0 Å². The van der Waals surface area contributed by atoms with Crippen LogP contribution in [0.4, 0.5) is 5.69 Å². The van der Waals surface area contributed by atoms with Crippen molar-refractivity contribution in [3.8, 4) is 6.07 Å². The molecule has 0 aliphatic heterocycles. The van der Waals surface area contributed by atoms with Crippen LogP contribution in [0.5, 0.6) is 0 Å². The lowest BCUT2D eigenvalue weighted by Gasteiger charge is -2.19. The molecule has 0 saturated carbocycles. The van der Waals surface area contributed by atoms with Crippen molar-refractivity contribution >= 4 is 23.2 Å². The van der Waals surface area contributed by atoms with Gasteiger partial charge in [-0.3, -0.25) is 4.79 Å². The maximum absolute atomic E-state index is 12.1. The van der Waals surface area contributed by atoms with Gasteiger partial charge in [-0.25, -0.2) is 0 Å². The summed E-state index contributed by atoms with van der Waals surface area (Å²) in [6, 6.07) is 6.81. The molecule has 4 nitrogen and oxygen atoms in total. The van der Waals surface area contributed by atoms with Crippen LogP contribution < -0.4 is 5.73 Å². The minimum atomic E-state index is -0.135. The number of benzene rings is 1. The molecule has 0 aliphatic carbocycles. The maximum Gasteiger partial charge on any atom is 0.253 e. The van der Waals surface area contributed by atoms with Crippen LogP contribution >= 0.6 is 11.6 Å². The summed E-state index contributed by atoms with van der Waals surface area (Å²) in [4.78, 5) is 13.7. The second kappa shape index (κ2) is 6.12. The molecule has 1 rings (SSSR count). The summed E-state index contributed by atoms with van der Waals surface area (Å²) in [5, 5.41) is 8.89. The zero-order valence-corrected chi connectivity index (χ0v) is 10.4. The zero-order chi connectivity index (χ0) is 12.8. The van der Waals surface area contributed by atoms with E-state index in [2.05, 4.69) is 0 Å². The first-order valence-electron chi connectivity index (χ1n) is 5.31. The Hall–Kier alpha value is -1.73. The highest BCUT2D eigenvalue weighted by Crippen LogP contribution is 2.20. The summed E-state index contributed by atoms with van der Waals surface area (Å²) in [6.45, 7) is 2.85. The van der Waals surface area contributed by atoms with Gasteiger partial charge in [0.1, 0.15) is 0 Å². The highest BCUT2D eigenvalue weighted by Gasteiger charge is 2.14. The fourth-order valence-electron chi connectivity index (χ4n) is 1.43. The molecule has 0 heterocycles. The molecule has 0 aromatic heterocycles. The van der Waals surface area contributed by atoms with Gasteiger partial charge in [-0.1, -0.05) is 11.6 Å². The second-order valence-electron chi connectivity index (χ2n) is 3.53. The Balaban J connectivity index is 2.86. The van der Waals surface area contributed by atoms with Gasteiger partial charge in [-0.2, -0.15) is 5.26 Å². The molecule has 0 radical (unpaired) electrons. The third-order valence-electron chi connectivity index (χ3n) is 2.41. The highest BCUT2D eigenvalue weighted by atomic mass is 35.5. The number of hydrogen-bond acceptors (Lipinski definition) is 3. The van der Waals surface area contributed by atoms with Gasteiger partial charge in [0.2, 0.25) is 0 Å². The van der Waals surface area contributed by atoms with Gasteiger partial charge in [0, 0.05) is 18.7 Å². The molecule has 90 valence electrons. The molecule has 17 heavy (non-hydrogen) atoms. The van der Waals surface area contributed by atoms with E-state index in [1.807, 2.05) is 13.0 Å². The number of rotatable bonds is 4. The summed E-state index contributed by atoms with van der Waals surface area (Å²) >= 11 is 5.86. The van der Waals surface area contributed by atoms with Gasteiger partial charge in [0.15, 0.2) is 0 Å². The Morgan fingerprint density at radius 2 is 2.29 bits per heavy atom. The van der Waals surface area contributed by atoms with Crippen LogP contribution in [0.2, 0.25) is 5.02 Å². The average molecular weight is 252 g/mol. The number of amides is 1. The summed E-state index contributed by atoms with van der Waals surface area (Å²) in [7, 11) is 0. The molecular formula is C12H14ClN3O. The van der Waals surface area contributed by atoms with Crippen LogP contribution in [0.15, 0.2) is 18.2 Å². The smallest absolute Gasteiger partial charge is 0.253 e. The first kappa shape index (κ1) is 13.3. The van der Waals surface area contributed by atoms with Gasteiger partial charge in [-0.15, -0.1) is 0 Å². The van der Waals surface area contributed by atoms with E-state index in [9.17, 15) is 4.79 Å².